The highest BCUT2D eigenvalue weighted by atomic mass is 35.5. The number of hydrogen-bond acceptors (Lipinski definition) is 5. The van der Waals surface area contributed by atoms with Crippen molar-refractivity contribution in [3.05, 3.63) is 99.2 Å². The number of amides is 1. The van der Waals surface area contributed by atoms with Gasteiger partial charge in [0.15, 0.2) is 0 Å². The molecule has 0 atom stereocenters. The summed E-state index contributed by atoms with van der Waals surface area (Å²) in [4.78, 5) is 20.9. The zero-order valence-corrected chi connectivity index (χ0v) is 18.5. The van der Waals surface area contributed by atoms with E-state index < -0.39 is 0 Å². The van der Waals surface area contributed by atoms with Gasteiger partial charge in [-0.15, -0.1) is 11.3 Å². The number of benzene rings is 2. The number of ether oxygens (including phenoxy) is 1. The molecule has 0 radical (unpaired) electrons. The van der Waals surface area contributed by atoms with Crippen LogP contribution in [-0.2, 0) is 13.2 Å². The van der Waals surface area contributed by atoms with Gasteiger partial charge in [-0.05, 0) is 42.0 Å². The first-order valence-corrected chi connectivity index (χ1v) is 11.0. The van der Waals surface area contributed by atoms with Crippen molar-refractivity contribution in [2.75, 3.05) is 0 Å². The lowest BCUT2D eigenvalue weighted by atomic mass is 10.2. The molecule has 31 heavy (non-hydrogen) atoms. The maximum atomic E-state index is 12.4. The second kappa shape index (κ2) is 9.92. The van der Waals surface area contributed by atoms with Crippen LogP contribution in [0.25, 0.3) is 10.6 Å². The fourth-order valence-corrected chi connectivity index (χ4v) is 4.06. The van der Waals surface area contributed by atoms with Crippen LogP contribution in [0.4, 0.5) is 0 Å². The fraction of sp³-hybridized carbons (Fsp3) is 0.0870. The monoisotopic (exact) mass is 469 g/mol. The topological polar surface area (TPSA) is 64.1 Å². The molecule has 0 aliphatic heterocycles. The Morgan fingerprint density at radius 1 is 1.06 bits per heavy atom. The average Bonchev–Trinajstić information content (AvgIpc) is 3.28. The summed E-state index contributed by atoms with van der Waals surface area (Å²) in [5.41, 5.74) is 3.08. The molecule has 4 rings (SSSR count). The van der Waals surface area contributed by atoms with Crippen LogP contribution < -0.4 is 10.1 Å². The lowest BCUT2D eigenvalue weighted by molar-refractivity contribution is 0.0946. The number of thiazole rings is 1. The smallest absolute Gasteiger partial charge is 0.271 e. The van der Waals surface area contributed by atoms with Gasteiger partial charge < -0.3 is 10.1 Å². The van der Waals surface area contributed by atoms with Crippen LogP contribution in [0.15, 0.2) is 72.4 Å². The third-order valence-electron chi connectivity index (χ3n) is 4.43. The molecule has 4 aromatic rings. The number of aromatic nitrogens is 2. The predicted molar refractivity (Wildman–Crippen MR) is 124 cm³/mol. The largest absolute Gasteiger partial charge is 0.489 e. The summed E-state index contributed by atoms with van der Waals surface area (Å²) in [6.07, 6.45) is 3.39. The fourth-order valence-electron chi connectivity index (χ4n) is 2.80. The maximum absolute atomic E-state index is 12.4. The Hall–Kier alpha value is -2.93. The molecule has 2 aromatic carbocycles. The average molecular weight is 470 g/mol. The summed E-state index contributed by atoms with van der Waals surface area (Å²) in [7, 11) is 0. The maximum Gasteiger partial charge on any atom is 0.271 e. The van der Waals surface area contributed by atoms with Crippen molar-refractivity contribution in [1.82, 2.24) is 15.3 Å². The Kier molecular flexibility index (Phi) is 6.82. The Balaban J connectivity index is 1.41. The van der Waals surface area contributed by atoms with E-state index in [1.807, 2.05) is 42.5 Å². The van der Waals surface area contributed by atoms with Crippen molar-refractivity contribution in [3.8, 4) is 16.3 Å². The van der Waals surface area contributed by atoms with E-state index in [1.165, 1.54) is 11.3 Å². The molecule has 5 nitrogen and oxygen atoms in total. The van der Waals surface area contributed by atoms with E-state index >= 15 is 0 Å². The number of rotatable bonds is 7. The van der Waals surface area contributed by atoms with Gasteiger partial charge in [-0.3, -0.25) is 9.78 Å². The van der Waals surface area contributed by atoms with Crippen molar-refractivity contribution in [3.63, 3.8) is 0 Å². The SMILES string of the molecule is O=C(NCc1ccncc1)c1csc(-c2cccc(OCc3ccc(Cl)cc3Cl)c2)n1. The number of carbonyl (C=O) groups is 1. The lowest BCUT2D eigenvalue weighted by Gasteiger charge is -2.09. The van der Waals surface area contributed by atoms with Crippen molar-refractivity contribution in [2.45, 2.75) is 13.2 Å². The second-order valence-corrected chi connectivity index (χ2v) is 8.33. The van der Waals surface area contributed by atoms with Crippen LogP contribution in [0.3, 0.4) is 0 Å². The van der Waals surface area contributed by atoms with Gasteiger partial charge >= 0.3 is 0 Å². The highest BCUT2D eigenvalue weighted by Gasteiger charge is 2.12. The minimum Gasteiger partial charge on any atom is -0.489 e. The van der Waals surface area contributed by atoms with Crippen LogP contribution in [0, 0.1) is 0 Å². The van der Waals surface area contributed by atoms with E-state index in [4.69, 9.17) is 27.9 Å². The van der Waals surface area contributed by atoms with Crippen molar-refractivity contribution >= 4 is 40.4 Å². The molecule has 0 spiro atoms. The molecule has 0 aliphatic carbocycles. The molecule has 0 bridgehead atoms. The Bertz CT molecular complexity index is 1200. The van der Waals surface area contributed by atoms with Gasteiger partial charge in [-0.2, -0.15) is 0 Å². The van der Waals surface area contributed by atoms with Crippen LogP contribution >= 0.6 is 34.5 Å². The van der Waals surface area contributed by atoms with E-state index in [9.17, 15) is 4.79 Å². The lowest BCUT2D eigenvalue weighted by Crippen LogP contribution is -2.23. The van der Waals surface area contributed by atoms with Crippen LogP contribution in [-0.4, -0.2) is 15.9 Å². The van der Waals surface area contributed by atoms with E-state index in [1.54, 1.807) is 29.9 Å². The summed E-state index contributed by atoms with van der Waals surface area (Å²) in [6, 6.07) is 16.6. The molecule has 2 heterocycles. The highest BCUT2D eigenvalue weighted by molar-refractivity contribution is 7.13. The second-order valence-electron chi connectivity index (χ2n) is 6.63. The number of carbonyl (C=O) groups excluding carboxylic acids is 1. The van der Waals surface area contributed by atoms with Gasteiger partial charge in [0.05, 0.1) is 0 Å². The Morgan fingerprint density at radius 3 is 2.71 bits per heavy atom. The standard InChI is InChI=1S/C23H17Cl2N3O2S/c24-18-5-4-17(20(25)11-18)13-30-19-3-1-2-16(10-19)23-28-21(14-31-23)22(29)27-12-15-6-8-26-9-7-15/h1-11,14H,12-13H2,(H,27,29). The van der Waals surface area contributed by atoms with E-state index in [-0.39, 0.29) is 5.91 Å². The molecule has 1 amide bonds. The molecule has 1 N–H and O–H groups in total. The third-order valence-corrected chi connectivity index (χ3v) is 5.91. The Morgan fingerprint density at radius 2 is 1.90 bits per heavy atom. The van der Waals surface area contributed by atoms with E-state index in [0.29, 0.717) is 34.6 Å². The van der Waals surface area contributed by atoms with Gasteiger partial charge in [0.25, 0.3) is 5.91 Å². The van der Waals surface area contributed by atoms with Crippen molar-refractivity contribution in [1.29, 1.82) is 0 Å². The number of halogens is 2. The number of hydrogen-bond donors (Lipinski definition) is 1. The molecule has 0 fully saturated rings. The summed E-state index contributed by atoms with van der Waals surface area (Å²) in [5.74, 6) is 0.464. The number of nitrogens with zero attached hydrogens (tertiary/aromatic N) is 2. The molecule has 0 saturated heterocycles. The van der Waals surface area contributed by atoms with Crippen LogP contribution in [0.2, 0.25) is 10.0 Å². The molecular formula is C23H17Cl2N3O2S. The molecule has 156 valence electrons. The third kappa shape index (κ3) is 5.61. The minimum absolute atomic E-state index is 0.218. The van der Waals surface area contributed by atoms with Crippen molar-refractivity contribution in [2.24, 2.45) is 0 Å². The van der Waals surface area contributed by atoms with Gasteiger partial charge in [-0.1, -0.05) is 41.4 Å². The summed E-state index contributed by atoms with van der Waals surface area (Å²) in [6.45, 7) is 0.741. The van der Waals surface area contributed by atoms with Crippen molar-refractivity contribution < 1.29 is 9.53 Å². The molecule has 0 unspecified atom stereocenters. The normalized spacial score (nSPS) is 10.6. The first kappa shape index (κ1) is 21.3. The Labute approximate surface area is 193 Å². The molecule has 0 aliphatic rings. The number of nitrogens with one attached hydrogen (secondary N) is 1. The molecule has 0 saturated carbocycles. The molecule has 8 heteroatoms. The zero-order chi connectivity index (χ0) is 21.6. The van der Waals surface area contributed by atoms with Crippen LogP contribution in [0.5, 0.6) is 5.75 Å². The van der Waals surface area contributed by atoms with Gasteiger partial charge in [0.1, 0.15) is 23.1 Å². The quantitative estimate of drug-likeness (QED) is 0.359. The minimum atomic E-state index is -0.218. The molecular weight excluding hydrogens is 453 g/mol. The highest BCUT2D eigenvalue weighted by Crippen LogP contribution is 2.28. The van der Waals surface area contributed by atoms with Gasteiger partial charge in [0, 0.05) is 45.5 Å². The first-order valence-electron chi connectivity index (χ1n) is 9.38. The van der Waals surface area contributed by atoms with Gasteiger partial charge in [0.2, 0.25) is 0 Å². The van der Waals surface area contributed by atoms with Crippen LogP contribution in [0.1, 0.15) is 21.6 Å². The zero-order valence-electron chi connectivity index (χ0n) is 16.2. The van der Waals surface area contributed by atoms with Gasteiger partial charge in [-0.25, -0.2) is 4.98 Å². The summed E-state index contributed by atoms with van der Waals surface area (Å²) in [5, 5.41) is 6.50. The molecule has 2 aromatic heterocycles. The predicted octanol–water partition coefficient (Wildman–Crippen LogP) is 6.02. The summed E-state index contributed by atoms with van der Waals surface area (Å²) < 4.78 is 5.88. The summed E-state index contributed by atoms with van der Waals surface area (Å²) >= 11 is 13.5. The van der Waals surface area contributed by atoms with E-state index in [2.05, 4.69) is 15.3 Å². The number of pyridine rings is 1. The first-order chi connectivity index (χ1) is 15.1. The van der Waals surface area contributed by atoms with E-state index in [0.717, 1.165) is 21.7 Å².